The van der Waals surface area contributed by atoms with E-state index in [4.69, 9.17) is 0 Å². The summed E-state index contributed by atoms with van der Waals surface area (Å²) in [5.41, 5.74) is 0.715. The van der Waals surface area contributed by atoms with E-state index in [1.807, 2.05) is 0 Å². The van der Waals surface area contributed by atoms with Crippen molar-refractivity contribution in [3.8, 4) is 0 Å². The fraction of sp³-hybridized carbons (Fsp3) is 0.250. The van der Waals surface area contributed by atoms with Crippen molar-refractivity contribution in [2.45, 2.75) is 13.3 Å². The zero-order valence-electron chi connectivity index (χ0n) is 7.87. The molecular weight excluding hydrogens is 220 g/mol. The van der Waals surface area contributed by atoms with Gasteiger partial charge in [0, 0.05) is 12.1 Å². The highest BCUT2D eigenvalue weighted by atomic mass is 32.2. The topological polar surface area (TPSA) is 89.6 Å². The van der Waals surface area contributed by atoms with Gasteiger partial charge in [0.05, 0.1) is 10.6 Å². The molecule has 1 rings (SSSR count). The maximum Gasteiger partial charge on any atom is 0.316 e. The van der Waals surface area contributed by atoms with Crippen LogP contribution in [-0.2, 0) is 16.9 Å². The van der Waals surface area contributed by atoms with Crippen molar-refractivity contribution in [2.24, 2.45) is 4.36 Å². The van der Waals surface area contributed by atoms with Crippen molar-refractivity contribution in [1.29, 1.82) is 0 Å². The Morgan fingerprint density at radius 1 is 1.47 bits per heavy atom. The molecule has 0 amide bonds. The molecule has 1 aromatic carbocycles. The van der Waals surface area contributed by atoms with E-state index in [9.17, 15) is 18.5 Å². The van der Waals surface area contributed by atoms with E-state index in [1.165, 1.54) is 18.2 Å². The molecule has 0 aliphatic carbocycles. The largest absolute Gasteiger partial charge is 0.316 e. The Hall–Kier alpha value is -1.76. The lowest BCUT2D eigenvalue weighted by Gasteiger charge is -1.99. The minimum Gasteiger partial charge on any atom is -0.258 e. The van der Waals surface area contributed by atoms with Crippen LogP contribution in [0.3, 0.4) is 0 Å². The number of hydrogen-bond donors (Lipinski definition) is 0. The van der Waals surface area contributed by atoms with Crippen LogP contribution in [0.15, 0.2) is 22.6 Å². The average molecular weight is 228 g/mol. The summed E-state index contributed by atoms with van der Waals surface area (Å²) in [6.45, 7) is 1.77. The van der Waals surface area contributed by atoms with E-state index < -0.39 is 15.4 Å². The standard InChI is InChI=1S/C8H8N2O4S/c1-2-6-5-7(10(11)12)3-4-8(6)9-15(13)14/h3-5H,2H2,1H3. The van der Waals surface area contributed by atoms with Gasteiger partial charge in [0.1, 0.15) is 0 Å². The van der Waals surface area contributed by atoms with Crippen molar-refractivity contribution in [1.82, 2.24) is 0 Å². The second kappa shape index (κ2) is 4.65. The van der Waals surface area contributed by atoms with Crippen molar-refractivity contribution in [2.75, 3.05) is 0 Å². The quantitative estimate of drug-likeness (QED) is 0.583. The molecule has 0 aliphatic heterocycles. The van der Waals surface area contributed by atoms with E-state index in [-0.39, 0.29) is 11.4 Å². The number of hydrogen-bond acceptors (Lipinski definition) is 5. The van der Waals surface area contributed by atoms with Gasteiger partial charge in [-0.25, -0.2) is 0 Å². The summed E-state index contributed by atoms with van der Waals surface area (Å²) in [6.07, 6.45) is 0.484. The van der Waals surface area contributed by atoms with E-state index >= 15 is 0 Å². The van der Waals surface area contributed by atoms with Gasteiger partial charge in [0.2, 0.25) is 0 Å². The maximum atomic E-state index is 10.5. The molecule has 0 saturated heterocycles. The molecule has 6 nitrogen and oxygen atoms in total. The first-order chi connectivity index (χ1) is 7.04. The molecule has 7 heteroatoms. The van der Waals surface area contributed by atoms with Crippen molar-refractivity contribution < 1.29 is 13.3 Å². The molecule has 0 heterocycles. The normalized spacial score (nSPS) is 9.67. The van der Waals surface area contributed by atoms with Crippen LogP contribution >= 0.6 is 0 Å². The van der Waals surface area contributed by atoms with Gasteiger partial charge in [-0.1, -0.05) is 6.92 Å². The van der Waals surface area contributed by atoms with Crippen LogP contribution < -0.4 is 0 Å². The first kappa shape index (κ1) is 11.3. The predicted molar refractivity (Wildman–Crippen MR) is 53.5 cm³/mol. The number of rotatable bonds is 3. The Morgan fingerprint density at radius 2 is 2.13 bits per heavy atom. The first-order valence-corrected chi connectivity index (χ1v) is 5.16. The molecule has 0 aromatic heterocycles. The van der Waals surface area contributed by atoms with Gasteiger partial charge in [-0.2, -0.15) is 8.42 Å². The Bertz CT molecular complexity index is 513. The van der Waals surface area contributed by atoms with Gasteiger partial charge in [0.15, 0.2) is 0 Å². The third kappa shape index (κ3) is 2.84. The Balaban J connectivity index is 3.33. The number of benzene rings is 1. The summed E-state index contributed by atoms with van der Waals surface area (Å²) in [5.74, 6) is 0. The molecule has 0 bridgehead atoms. The van der Waals surface area contributed by atoms with Crippen LogP contribution in [0, 0.1) is 10.1 Å². The molecule has 0 fully saturated rings. The van der Waals surface area contributed by atoms with Crippen molar-refractivity contribution >= 4 is 21.9 Å². The Morgan fingerprint density at radius 3 is 2.60 bits per heavy atom. The smallest absolute Gasteiger partial charge is 0.258 e. The highest BCUT2D eigenvalue weighted by Crippen LogP contribution is 2.24. The summed E-state index contributed by atoms with van der Waals surface area (Å²) in [7, 11) is -2.54. The molecule has 0 N–H and O–H groups in total. The van der Waals surface area contributed by atoms with E-state index in [1.54, 1.807) is 6.92 Å². The molecule has 15 heavy (non-hydrogen) atoms. The summed E-state index contributed by atoms with van der Waals surface area (Å²) < 4.78 is 24.0. The number of nitro groups is 1. The molecule has 0 spiro atoms. The third-order valence-corrected chi connectivity index (χ3v) is 2.17. The van der Waals surface area contributed by atoms with Crippen LogP contribution in [0.2, 0.25) is 0 Å². The molecule has 0 unspecified atom stereocenters. The van der Waals surface area contributed by atoms with Crippen molar-refractivity contribution in [3.05, 3.63) is 33.9 Å². The van der Waals surface area contributed by atoms with Gasteiger partial charge < -0.3 is 0 Å². The minimum atomic E-state index is -2.54. The lowest BCUT2D eigenvalue weighted by Crippen LogP contribution is -1.90. The van der Waals surface area contributed by atoms with Crippen LogP contribution in [0.25, 0.3) is 0 Å². The number of nitro benzene ring substituents is 1. The molecule has 0 radical (unpaired) electrons. The number of non-ortho nitro benzene ring substituents is 1. The first-order valence-electron chi connectivity index (χ1n) is 4.13. The van der Waals surface area contributed by atoms with Gasteiger partial charge in [-0.05, 0) is 18.1 Å². The van der Waals surface area contributed by atoms with E-state index in [0.29, 0.717) is 12.0 Å². The summed E-state index contributed by atoms with van der Waals surface area (Å²) in [4.78, 5) is 9.93. The molecule has 80 valence electrons. The van der Waals surface area contributed by atoms with Gasteiger partial charge in [-0.3, -0.25) is 10.1 Å². The van der Waals surface area contributed by atoms with E-state index in [0.717, 1.165) is 0 Å². The molecule has 0 saturated carbocycles. The molecule has 1 aromatic rings. The predicted octanol–water partition coefficient (Wildman–Crippen LogP) is 1.85. The highest BCUT2D eigenvalue weighted by Gasteiger charge is 2.09. The van der Waals surface area contributed by atoms with Crippen molar-refractivity contribution in [3.63, 3.8) is 0 Å². The van der Waals surface area contributed by atoms with E-state index in [2.05, 4.69) is 4.36 Å². The molecule has 0 aliphatic rings. The van der Waals surface area contributed by atoms with Crippen LogP contribution in [0.5, 0.6) is 0 Å². The average Bonchev–Trinajstić information content (AvgIpc) is 2.17. The lowest BCUT2D eigenvalue weighted by molar-refractivity contribution is -0.384. The van der Waals surface area contributed by atoms with Gasteiger partial charge >= 0.3 is 10.5 Å². The fourth-order valence-electron chi connectivity index (χ4n) is 1.14. The molecular formula is C8H8N2O4S. The monoisotopic (exact) mass is 228 g/mol. The second-order valence-corrected chi connectivity index (χ2v) is 3.35. The zero-order valence-corrected chi connectivity index (χ0v) is 8.69. The third-order valence-electron chi connectivity index (χ3n) is 1.83. The second-order valence-electron chi connectivity index (χ2n) is 2.73. The van der Waals surface area contributed by atoms with Crippen LogP contribution in [0.4, 0.5) is 11.4 Å². The maximum absolute atomic E-state index is 10.5. The molecule has 0 atom stereocenters. The highest BCUT2D eigenvalue weighted by molar-refractivity contribution is 7.61. The Labute approximate surface area is 87.4 Å². The van der Waals surface area contributed by atoms with Gasteiger partial charge in [0.25, 0.3) is 5.69 Å². The SMILES string of the molecule is CCc1cc([N+](=O)[O-])ccc1N=S(=O)=O. The summed E-state index contributed by atoms with van der Waals surface area (Å²) >= 11 is 0. The summed E-state index contributed by atoms with van der Waals surface area (Å²) in [6, 6.07) is 3.88. The Kier molecular flexibility index (Phi) is 3.51. The van der Waals surface area contributed by atoms with Gasteiger partial charge in [-0.15, -0.1) is 4.36 Å². The van der Waals surface area contributed by atoms with Crippen LogP contribution in [0.1, 0.15) is 12.5 Å². The fourth-order valence-corrected chi connectivity index (χ4v) is 1.48. The summed E-state index contributed by atoms with van der Waals surface area (Å²) in [5, 5.41) is 10.5. The number of aryl methyl sites for hydroxylation is 1. The lowest BCUT2D eigenvalue weighted by atomic mass is 10.1. The zero-order chi connectivity index (χ0) is 11.4. The minimum absolute atomic E-state index is 0.0671. The number of nitrogens with zero attached hydrogens (tertiary/aromatic N) is 2. The van der Waals surface area contributed by atoms with Crippen LogP contribution in [-0.4, -0.2) is 13.3 Å².